The molecule has 2 atom stereocenters. The molecule has 2 rings (SSSR count). The van der Waals surface area contributed by atoms with Crippen LogP contribution in [0, 0.1) is 28.6 Å². The zero-order chi connectivity index (χ0) is 15.6. The Balaban J connectivity index is 2.62. The standard InChI is InChI=1S/C17H15N3O/c1-10-15(8-18)17(16(9-19)11(2)20-10)14-6-4-5-13(7-14)12(3)21/h4-7,15,17H,1-3H3. The molecular formula is C17H15N3O. The quantitative estimate of drug-likeness (QED) is 0.777. The van der Waals surface area contributed by atoms with Crippen LogP contribution in [0.15, 0.2) is 40.5 Å². The number of carbonyl (C=O) groups excluding carboxylic acids is 1. The first-order valence-corrected chi connectivity index (χ1v) is 6.66. The molecule has 0 saturated carbocycles. The second kappa shape index (κ2) is 5.73. The van der Waals surface area contributed by atoms with E-state index in [1.807, 2.05) is 6.07 Å². The van der Waals surface area contributed by atoms with Crippen molar-refractivity contribution in [3.63, 3.8) is 0 Å². The first kappa shape index (κ1) is 14.7. The second-order valence-electron chi connectivity index (χ2n) is 5.13. The Morgan fingerprint density at radius 3 is 2.57 bits per heavy atom. The van der Waals surface area contributed by atoms with Crippen molar-refractivity contribution < 1.29 is 4.79 Å². The van der Waals surface area contributed by atoms with Crippen LogP contribution in [0.5, 0.6) is 0 Å². The number of hydrogen-bond donors (Lipinski definition) is 0. The van der Waals surface area contributed by atoms with E-state index >= 15 is 0 Å². The van der Waals surface area contributed by atoms with Gasteiger partial charge in [0, 0.05) is 17.2 Å². The Kier molecular flexibility index (Phi) is 4.00. The van der Waals surface area contributed by atoms with Crippen LogP contribution < -0.4 is 0 Å². The SMILES string of the molecule is CC(=O)c1cccc(C2C(C#N)=C(C)N=C(C)C2C#N)c1. The number of hydrogen-bond acceptors (Lipinski definition) is 4. The number of aliphatic imine (C=N–C) groups is 1. The Morgan fingerprint density at radius 2 is 2.00 bits per heavy atom. The summed E-state index contributed by atoms with van der Waals surface area (Å²) in [6.45, 7) is 5.07. The molecule has 0 amide bonds. The lowest BCUT2D eigenvalue weighted by atomic mass is 9.76. The monoisotopic (exact) mass is 277 g/mol. The second-order valence-corrected chi connectivity index (χ2v) is 5.13. The summed E-state index contributed by atoms with van der Waals surface area (Å²) in [6, 6.07) is 11.5. The fraction of sp³-hybridized carbons (Fsp3) is 0.294. The van der Waals surface area contributed by atoms with Crippen LogP contribution >= 0.6 is 0 Å². The molecular weight excluding hydrogens is 262 g/mol. The van der Waals surface area contributed by atoms with Crippen molar-refractivity contribution >= 4 is 11.5 Å². The maximum absolute atomic E-state index is 11.5. The summed E-state index contributed by atoms with van der Waals surface area (Å²) in [5.74, 6) is -0.881. The molecule has 0 spiro atoms. The van der Waals surface area contributed by atoms with E-state index in [9.17, 15) is 15.3 Å². The van der Waals surface area contributed by atoms with Crippen LogP contribution in [-0.2, 0) is 0 Å². The van der Waals surface area contributed by atoms with E-state index in [1.54, 1.807) is 32.0 Å². The predicted molar refractivity (Wildman–Crippen MR) is 79.7 cm³/mol. The van der Waals surface area contributed by atoms with Crippen LogP contribution in [0.3, 0.4) is 0 Å². The Bertz CT molecular complexity index is 744. The summed E-state index contributed by atoms with van der Waals surface area (Å²) in [4.78, 5) is 15.9. The lowest BCUT2D eigenvalue weighted by Gasteiger charge is -2.27. The summed E-state index contributed by atoms with van der Waals surface area (Å²) in [5.41, 5.74) is 3.22. The molecule has 0 fully saturated rings. The molecule has 0 aromatic heterocycles. The molecule has 1 aliphatic rings. The molecule has 0 aliphatic carbocycles. The predicted octanol–water partition coefficient (Wildman–Crippen LogP) is 3.38. The van der Waals surface area contributed by atoms with Crippen LogP contribution in [0.2, 0.25) is 0 Å². The number of rotatable bonds is 2. The lowest BCUT2D eigenvalue weighted by Crippen LogP contribution is -2.24. The zero-order valence-corrected chi connectivity index (χ0v) is 12.2. The van der Waals surface area contributed by atoms with Crippen molar-refractivity contribution in [3.05, 3.63) is 46.7 Å². The summed E-state index contributed by atoms with van der Waals surface area (Å²) in [7, 11) is 0. The van der Waals surface area contributed by atoms with Crippen molar-refractivity contribution in [2.75, 3.05) is 0 Å². The van der Waals surface area contributed by atoms with Gasteiger partial charge in [0.15, 0.2) is 5.78 Å². The molecule has 1 aliphatic heterocycles. The Hall–Kier alpha value is -2.72. The van der Waals surface area contributed by atoms with Crippen molar-refractivity contribution in [1.29, 1.82) is 10.5 Å². The molecule has 0 radical (unpaired) electrons. The van der Waals surface area contributed by atoms with Crippen molar-refractivity contribution in [3.8, 4) is 12.1 Å². The van der Waals surface area contributed by atoms with Gasteiger partial charge in [-0.15, -0.1) is 0 Å². The van der Waals surface area contributed by atoms with Gasteiger partial charge in [0.05, 0.1) is 29.3 Å². The first-order valence-electron chi connectivity index (χ1n) is 6.66. The van der Waals surface area contributed by atoms with Gasteiger partial charge in [-0.2, -0.15) is 10.5 Å². The molecule has 1 aromatic carbocycles. The van der Waals surface area contributed by atoms with E-state index < -0.39 is 5.92 Å². The Morgan fingerprint density at radius 1 is 1.29 bits per heavy atom. The van der Waals surface area contributed by atoms with E-state index in [-0.39, 0.29) is 11.7 Å². The number of benzene rings is 1. The molecule has 0 bridgehead atoms. The summed E-state index contributed by atoms with van der Waals surface area (Å²) in [6.07, 6.45) is 0. The van der Waals surface area contributed by atoms with E-state index in [0.29, 0.717) is 22.5 Å². The highest BCUT2D eigenvalue weighted by Gasteiger charge is 2.33. The third-order valence-electron chi connectivity index (χ3n) is 3.74. The van der Waals surface area contributed by atoms with E-state index in [4.69, 9.17) is 0 Å². The van der Waals surface area contributed by atoms with Crippen LogP contribution in [-0.4, -0.2) is 11.5 Å². The van der Waals surface area contributed by atoms with Gasteiger partial charge < -0.3 is 0 Å². The summed E-state index contributed by atoms with van der Waals surface area (Å²) >= 11 is 0. The van der Waals surface area contributed by atoms with Crippen LogP contribution in [0.4, 0.5) is 0 Å². The fourth-order valence-electron chi connectivity index (χ4n) is 2.66. The number of ketones is 1. The van der Waals surface area contributed by atoms with Gasteiger partial charge in [-0.05, 0) is 32.4 Å². The molecule has 104 valence electrons. The van der Waals surface area contributed by atoms with Gasteiger partial charge in [-0.3, -0.25) is 9.79 Å². The minimum absolute atomic E-state index is 0.0363. The summed E-state index contributed by atoms with van der Waals surface area (Å²) < 4.78 is 0. The topological polar surface area (TPSA) is 77.0 Å². The van der Waals surface area contributed by atoms with Gasteiger partial charge in [-0.1, -0.05) is 18.2 Å². The Labute approximate surface area is 124 Å². The molecule has 4 heteroatoms. The van der Waals surface area contributed by atoms with Crippen molar-refractivity contribution in [2.24, 2.45) is 10.9 Å². The van der Waals surface area contributed by atoms with Gasteiger partial charge in [0.2, 0.25) is 0 Å². The van der Waals surface area contributed by atoms with Gasteiger partial charge in [-0.25, -0.2) is 0 Å². The fourth-order valence-corrected chi connectivity index (χ4v) is 2.66. The molecule has 4 nitrogen and oxygen atoms in total. The molecule has 1 heterocycles. The highest BCUT2D eigenvalue weighted by atomic mass is 16.1. The van der Waals surface area contributed by atoms with Crippen molar-refractivity contribution in [1.82, 2.24) is 0 Å². The van der Waals surface area contributed by atoms with E-state index in [1.165, 1.54) is 6.92 Å². The van der Waals surface area contributed by atoms with Crippen molar-refractivity contribution in [2.45, 2.75) is 26.7 Å². The third-order valence-corrected chi connectivity index (χ3v) is 3.74. The number of Topliss-reactive ketones (excluding diaryl/α,β-unsaturated/α-hetero) is 1. The maximum Gasteiger partial charge on any atom is 0.159 e. The normalized spacial score (nSPS) is 21.3. The minimum Gasteiger partial charge on any atom is -0.295 e. The van der Waals surface area contributed by atoms with E-state index in [0.717, 1.165) is 5.56 Å². The molecule has 2 unspecified atom stereocenters. The lowest BCUT2D eigenvalue weighted by molar-refractivity contribution is 0.101. The largest absolute Gasteiger partial charge is 0.295 e. The molecule has 21 heavy (non-hydrogen) atoms. The smallest absolute Gasteiger partial charge is 0.159 e. The van der Waals surface area contributed by atoms with E-state index in [2.05, 4.69) is 17.1 Å². The average molecular weight is 277 g/mol. The average Bonchev–Trinajstić information content (AvgIpc) is 2.46. The van der Waals surface area contributed by atoms with Gasteiger partial charge in [0.1, 0.15) is 0 Å². The number of nitrogens with zero attached hydrogens (tertiary/aromatic N) is 3. The first-order chi connectivity index (χ1) is 9.99. The maximum atomic E-state index is 11.5. The minimum atomic E-state index is -0.481. The number of allylic oxidation sites excluding steroid dienone is 2. The van der Waals surface area contributed by atoms with Crippen LogP contribution in [0.25, 0.3) is 0 Å². The molecule has 1 aromatic rings. The zero-order valence-electron chi connectivity index (χ0n) is 12.2. The molecule has 0 saturated heterocycles. The molecule has 0 N–H and O–H groups in total. The third kappa shape index (κ3) is 2.61. The highest BCUT2D eigenvalue weighted by molar-refractivity contribution is 5.94. The van der Waals surface area contributed by atoms with Gasteiger partial charge >= 0.3 is 0 Å². The highest BCUT2D eigenvalue weighted by Crippen LogP contribution is 2.38. The van der Waals surface area contributed by atoms with Crippen LogP contribution in [0.1, 0.15) is 42.6 Å². The number of nitriles is 2. The number of carbonyl (C=O) groups is 1. The summed E-state index contributed by atoms with van der Waals surface area (Å²) in [5, 5.41) is 18.9. The van der Waals surface area contributed by atoms with Gasteiger partial charge in [0.25, 0.3) is 0 Å².